The summed E-state index contributed by atoms with van der Waals surface area (Å²) in [5.41, 5.74) is 0.937. The highest BCUT2D eigenvalue weighted by Gasteiger charge is 2.21. The molecule has 0 spiro atoms. The lowest BCUT2D eigenvalue weighted by molar-refractivity contribution is -0.122. The van der Waals surface area contributed by atoms with Crippen molar-refractivity contribution >= 4 is 11.9 Å². The van der Waals surface area contributed by atoms with Gasteiger partial charge >= 0.3 is 6.03 Å². The van der Waals surface area contributed by atoms with Crippen LogP contribution in [0.25, 0.3) is 0 Å². The molecule has 1 aromatic carbocycles. The smallest absolute Gasteiger partial charge is 0.318 e. The maximum absolute atomic E-state index is 12.1. The fourth-order valence-electron chi connectivity index (χ4n) is 2.53. The lowest BCUT2D eigenvalue weighted by atomic mass is 10.2. The number of piperazine rings is 1. The molecule has 1 saturated heterocycles. The summed E-state index contributed by atoms with van der Waals surface area (Å²) in [6.07, 6.45) is 0.937. The Morgan fingerprint density at radius 1 is 1.08 bits per heavy atom. The van der Waals surface area contributed by atoms with Crippen molar-refractivity contribution in [1.82, 2.24) is 20.4 Å². The average molecular weight is 342 g/mol. The SMILES string of the molecule is CCCNC(=O)CN1CCN(C(=O)NCC#Cc2ccccc2)CC1. The van der Waals surface area contributed by atoms with Crippen LogP contribution in [0, 0.1) is 11.8 Å². The Kier molecular flexibility index (Phi) is 7.80. The summed E-state index contributed by atoms with van der Waals surface area (Å²) < 4.78 is 0. The molecule has 134 valence electrons. The number of rotatable bonds is 5. The number of nitrogens with zero attached hydrogens (tertiary/aromatic N) is 2. The minimum Gasteiger partial charge on any atom is -0.355 e. The Morgan fingerprint density at radius 2 is 1.80 bits per heavy atom. The van der Waals surface area contributed by atoms with Crippen LogP contribution in [0.15, 0.2) is 30.3 Å². The quantitative estimate of drug-likeness (QED) is 0.781. The molecule has 2 N–H and O–H groups in total. The topological polar surface area (TPSA) is 64.7 Å². The zero-order valence-corrected chi connectivity index (χ0v) is 14.8. The van der Waals surface area contributed by atoms with E-state index in [4.69, 9.17) is 0 Å². The summed E-state index contributed by atoms with van der Waals surface area (Å²) in [6.45, 7) is 6.14. The van der Waals surface area contributed by atoms with E-state index in [2.05, 4.69) is 27.4 Å². The molecule has 1 aliphatic heterocycles. The molecule has 1 heterocycles. The Labute approximate surface area is 149 Å². The summed E-state index contributed by atoms with van der Waals surface area (Å²) in [4.78, 5) is 27.7. The molecule has 1 aliphatic rings. The van der Waals surface area contributed by atoms with E-state index in [1.165, 1.54) is 0 Å². The first-order valence-electron chi connectivity index (χ1n) is 8.74. The van der Waals surface area contributed by atoms with Gasteiger partial charge in [0.1, 0.15) is 0 Å². The summed E-state index contributed by atoms with van der Waals surface area (Å²) in [7, 11) is 0. The van der Waals surface area contributed by atoms with E-state index >= 15 is 0 Å². The minimum atomic E-state index is -0.0996. The first-order chi connectivity index (χ1) is 12.2. The Balaban J connectivity index is 1.66. The van der Waals surface area contributed by atoms with Crippen LogP contribution in [0.1, 0.15) is 18.9 Å². The molecular weight excluding hydrogens is 316 g/mol. The maximum Gasteiger partial charge on any atom is 0.318 e. The monoisotopic (exact) mass is 342 g/mol. The summed E-state index contributed by atoms with van der Waals surface area (Å²) >= 11 is 0. The van der Waals surface area contributed by atoms with Crippen molar-refractivity contribution in [2.75, 3.05) is 45.8 Å². The van der Waals surface area contributed by atoms with Gasteiger partial charge in [0.05, 0.1) is 13.1 Å². The van der Waals surface area contributed by atoms with E-state index in [1.807, 2.05) is 37.3 Å². The molecular formula is C19H26N4O2. The summed E-state index contributed by atoms with van der Waals surface area (Å²) in [6, 6.07) is 9.59. The molecule has 0 bridgehead atoms. The van der Waals surface area contributed by atoms with Gasteiger partial charge in [-0.05, 0) is 18.6 Å². The van der Waals surface area contributed by atoms with Crippen molar-refractivity contribution in [3.8, 4) is 11.8 Å². The fourth-order valence-corrected chi connectivity index (χ4v) is 2.53. The molecule has 25 heavy (non-hydrogen) atoms. The standard InChI is InChI=1S/C19H26N4O2/c1-2-10-20-18(24)16-22-12-14-23(15-13-22)19(25)21-11-6-9-17-7-4-3-5-8-17/h3-5,7-8H,2,10-16H2,1H3,(H,20,24)(H,21,25). The Bertz CT molecular complexity index is 613. The largest absolute Gasteiger partial charge is 0.355 e. The van der Waals surface area contributed by atoms with Crippen LogP contribution in [0.4, 0.5) is 4.79 Å². The minimum absolute atomic E-state index is 0.0518. The molecule has 0 aliphatic carbocycles. The zero-order chi connectivity index (χ0) is 17.9. The van der Waals surface area contributed by atoms with Gasteiger partial charge in [-0.3, -0.25) is 9.69 Å². The van der Waals surface area contributed by atoms with Crippen molar-refractivity contribution in [3.05, 3.63) is 35.9 Å². The molecule has 2 rings (SSSR count). The third-order valence-electron chi connectivity index (χ3n) is 3.93. The van der Waals surface area contributed by atoms with Crippen molar-refractivity contribution in [2.45, 2.75) is 13.3 Å². The molecule has 1 aromatic rings. The van der Waals surface area contributed by atoms with E-state index in [9.17, 15) is 9.59 Å². The molecule has 0 unspecified atom stereocenters. The molecule has 3 amide bonds. The number of hydrogen-bond acceptors (Lipinski definition) is 3. The number of urea groups is 1. The highest BCUT2D eigenvalue weighted by Crippen LogP contribution is 2.01. The van der Waals surface area contributed by atoms with Gasteiger partial charge in [0.15, 0.2) is 0 Å². The third-order valence-corrected chi connectivity index (χ3v) is 3.93. The lowest BCUT2D eigenvalue weighted by Gasteiger charge is -2.34. The third kappa shape index (κ3) is 6.86. The van der Waals surface area contributed by atoms with Gasteiger partial charge < -0.3 is 15.5 Å². The van der Waals surface area contributed by atoms with Crippen LogP contribution in [-0.4, -0.2) is 67.6 Å². The van der Waals surface area contributed by atoms with E-state index < -0.39 is 0 Å². The molecule has 0 atom stereocenters. The second-order valence-electron chi connectivity index (χ2n) is 5.94. The number of benzene rings is 1. The predicted octanol–water partition coefficient (Wildman–Crippen LogP) is 0.892. The number of nitrogens with one attached hydrogen (secondary N) is 2. The average Bonchev–Trinajstić information content (AvgIpc) is 2.65. The number of hydrogen-bond donors (Lipinski definition) is 2. The van der Waals surface area contributed by atoms with Crippen molar-refractivity contribution in [1.29, 1.82) is 0 Å². The van der Waals surface area contributed by atoms with Crippen LogP contribution in [0.5, 0.6) is 0 Å². The van der Waals surface area contributed by atoms with Crippen LogP contribution < -0.4 is 10.6 Å². The van der Waals surface area contributed by atoms with Crippen molar-refractivity contribution in [3.63, 3.8) is 0 Å². The van der Waals surface area contributed by atoms with Gasteiger partial charge in [0.25, 0.3) is 0 Å². The van der Waals surface area contributed by atoms with Crippen LogP contribution in [-0.2, 0) is 4.79 Å². The van der Waals surface area contributed by atoms with Gasteiger partial charge in [-0.15, -0.1) is 0 Å². The van der Waals surface area contributed by atoms with Gasteiger partial charge in [-0.1, -0.05) is 37.0 Å². The zero-order valence-electron chi connectivity index (χ0n) is 14.8. The van der Waals surface area contributed by atoms with Crippen molar-refractivity contribution < 1.29 is 9.59 Å². The molecule has 6 heteroatoms. The number of amides is 3. The van der Waals surface area contributed by atoms with Gasteiger partial charge in [0, 0.05) is 38.3 Å². The highest BCUT2D eigenvalue weighted by molar-refractivity contribution is 5.78. The predicted molar refractivity (Wildman–Crippen MR) is 98.0 cm³/mol. The fraction of sp³-hybridized carbons (Fsp3) is 0.474. The maximum atomic E-state index is 12.1. The van der Waals surface area contributed by atoms with E-state index in [0.29, 0.717) is 45.8 Å². The first-order valence-corrected chi connectivity index (χ1v) is 8.74. The van der Waals surface area contributed by atoms with Gasteiger partial charge in [-0.2, -0.15) is 0 Å². The number of carbonyl (C=O) groups excluding carboxylic acids is 2. The molecule has 0 saturated carbocycles. The van der Waals surface area contributed by atoms with Crippen LogP contribution >= 0.6 is 0 Å². The lowest BCUT2D eigenvalue weighted by Crippen LogP contribution is -2.53. The van der Waals surface area contributed by atoms with Gasteiger partial charge in [0.2, 0.25) is 5.91 Å². The summed E-state index contributed by atoms with van der Waals surface area (Å²) in [5, 5.41) is 5.69. The van der Waals surface area contributed by atoms with Crippen LogP contribution in [0.3, 0.4) is 0 Å². The normalized spacial score (nSPS) is 14.4. The van der Waals surface area contributed by atoms with Gasteiger partial charge in [-0.25, -0.2) is 4.79 Å². The molecule has 0 radical (unpaired) electrons. The summed E-state index contributed by atoms with van der Waals surface area (Å²) in [5.74, 6) is 6.02. The van der Waals surface area contributed by atoms with Crippen LogP contribution in [0.2, 0.25) is 0 Å². The molecule has 0 aromatic heterocycles. The first kappa shape index (κ1) is 18.8. The Morgan fingerprint density at radius 3 is 2.48 bits per heavy atom. The second-order valence-corrected chi connectivity index (χ2v) is 5.94. The van der Waals surface area contributed by atoms with E-state index in [-0.39, 0.29) is 11.9 Å². The Hall–Kier alpha value is -2.52. The van der Waals surface area contributed by atoms with E-state index in [0.717, 1.165) is 12.0 Å². The number of carbonyl (C=O) groups is 2. The molecule has 1 fully saturated rings. The highest BCUT2D eigenvalue weighted by atomic mass is 16.2. The van der Waals surface area contributed by atoms with E-state index in [1.54, 1.807) is 4.90 Å². The second kappa shape index (κ2) is 10.4. The van der Waals surface area contributed by atoms with Crippen molar-refractivity contribution in [2.24, 2.45) is 0 Å². The molecule has 6 nitrogen and oxygen atoms in total.